The van der Waals surface area contributed by atoms with E-state index in [0.29, 0.717) is 30.4 Å². The van der Waals surface area contributed by atoms with Crippen molar-refractivity contribution in [3.05, 3.63) is 50.9 Å². The first kappa shape index (κ1) is 14.7. The van der Waals surface area contributed by atoms with Crippen molar-refractivity contribution in [1.82, 2.24) is 9.36 Å². The summed E-state index contributed by atoms with van der Waals surface area (Å²) in [5.74, 6) is 0. The van der Waals surface area contributed by atoms with Gasteiger partial charge in [0.25, 0.3) is 5.56 Å². The van der Waals surface area contributed by atoms with E-state index in [-0.39, 0.29) is 11.2 Å². The fraction of sp³-hybridized carbons (Fsp3) is 0.357. The molecule has 0 aliphatic heterocycles. The molecule has 1 heterocycles. The Bertz CT molecular complexity index is 644. The predicted octanol–water partition coefficient (Wildman–Crippen LogP) is 2.10. The highest BCUT2D eigenvalue weighted by Crippen LogP contribution is 2.14. The summed E-state index contributed by atoms with van der Waals surface area (Å²) in [6.45, 7) is 3.40. The van der Waals surface area contributed by atoms with Crippen LogP contribution < -0.4 is 11.3 Å². The Morgan fingerprint density at radius 2 is 1.90 bits per heavy atom. The van der Waals surface area contributed by atoms with E-state index in [4.69, 9.17) is 22.1 Å². The molecule has 6 heteroatoms. The van der Waals surface area contributed by atoms with Gasteiger partial charge in [0, 0.05) is 18.7 Å². The number of ether oxygens (including phenoxy) is 1. The third-order valence-electron chi connectivity index (χ3n) is 3.20. The predicted molar refractivity (Wildman–Crippen MR) is 80.0 cm³/mol. The maximum atomic E-state index is 12.3. The van der Waals surface area contributed by atoms with Crippen molar-refractivity contribution in [2.45, 2.75) is 26.6 Å². The number of halogens is 1. The number of hydrogen-bond donors (Lipinski definition) is 1. The van der Waals surface area contributed by atoms with Crippen LogP contribution in [0.3, 0.4) is 0 Å². The van der Waals surface area contributed by atoms with Gasteiger partial charge in [-0.25, -0.2) is 4.68 Å². The minimum Gasteiger partial charge on any atom is -0.393 e. The molecular weight excluding hydrogens is 278 g/mol. The third-order valence-corrected chi connectivity index (χ3v) is 3.46. The maximum absolute atomic E-state index is 12.3. The molecule has 20 heavy (non-hydrogen) atoms. The summed E-state index contributed by atoms with van der Waals surface area (Å²) >= 11 is 5.86. The summed E-state index contributed by atoms with van der Waals surface area (Å²) in [5.41, 5.74) is 7.66. The van der Waals surface area contributed by atoms with Gasteiger partial charge in [-0.3, -0.25) is 9.48 Å². The van der Waals surface area contributed by atoms with Gasteiger partial charge in [0.1, 0.15) is 5.69 Å². The van der Waals surface area contributed by atoms with Crippen molar-refractivity contribution >= 4 is 17.3 Å². The molecule has 0 fully saturated rings. The highest BCUT2D eigenvalue weighted by Gasteiger charge is 2.16. The molecule has 0 amide bonds. The molecule has 5 nitrogen and oxygen atoms in total. The van der Waals surface area contributed by atoms with Gasteiger partial charge < -0.3 is 10.5 Å². The van der Waals surface area contributed by atoms with E-state index in [2.05, 4.69) is 0 Å². The molecule has 0 saturated heterocycles. The first-order valence-corrected chi connectivity index (χ1v) is 6.77. The van der Waals surface area contributed by atoms with Crippen LogP contribution in [0, 0.1) is 0 Å². The number of nitrogen functional groups attached to an aromatic ring is 1. The standard InChI is InChI=1S/C14H18ClN3O2/c1-3-17-12(9-20-2)13(16)14(19)18(17)8-10-4-6-11(15)7-5-10/h4-7H,3,8-9,16H2,1-2H3. The molecule has 0 saturated carbocycles. The average Bonchev–Trinajstić information content (AvgIpc) is 2.67. The molecular formula is C14H18ClN3O2. The van der Waals surface area contributed by atoms with Crippen LogP contribution in [0.15, 0.2) is 29.1 Å². The van der Waals surface area contributed by atoms with Gasteiger partial charge in [-0.15, -0.1) is 0 Å². The molecule has 0 atom stereocenters. The molecule has 0 bridgehead atoms. The smallest absolute Gasteiger partial charge is 0.290 e. The Hall–Kier alpha value is -1.72. The average molecular weight is 296 g/mol. The zero-order valence-corrected chi connectivity index (χ0v) is 12.4. The fourth-order valence-corrected chi connectivity index (χ4v) is 2.35. The molecule has 0 unspecified atom stereocenters. The molecule has 2 N–H and O–H groups in total. The lowest BCUT2D eigenvalue weighted by Gasteiger charge is -2.12. The Labute approximate surface area is 122 Å². The monoisotopic (exact) mass is 295 g/mol. The van der Waals surface area contributed by atoms with Crippen LogP contribution in [0.25, 0.3) is 0 Å². The van der Waals surface area contributed by atoms with Crippen LogP contribution in [-0.2, 0) is 24.4 Å². The van der Waals surface area contributed by atoms with Gasteiger partial charge >= 0.3 is 0 Å². The SMILES string of the molecule is CCn1c(COC)c(N)c(=O)n1Cc1ccc(Cl)cc1. The minimum atomic E-state index is -0.186. The molecule has 1 aromatic carbocycles. The normalized spacial score (nSPS) is 10.9. The van der Waals surface area contributed by atoms with Crippen molar-refractivity contribution < 1.29 is 4.74 Å². The Morgan fingerprint density at radius 1 is 1.25 bits per heavy atom. The number of nitrogens with zero attached hydrogens (tertiary/aromatic N) is 2. The van der Waals surface area contributed by atoms with Gasteiger partial charge in [0.15, 0.2) is 0 Å². The minimum absolute atomic E-state index is 0.186. The van der Waals surface area contributed by atoms with E-state index < -0.39 is 0 Å². The molecule has 0 aliphatic carbocycles. The quantitative estimate of drug-likeness (QED) is 0.919. The van der Waals surface area contributed by atoms with E-state index in [1.165, 1.54) is 0 Å². The zero-order chi connectivity index (χ0) is 14.7. The van der Waals surface area contributed by atoms with E-state index in [1.807, 2.05) is 23.7 Å². The Kier molecular flexibility index (Phi) is 4.52. The number of nitrogens with two attached hydrogens (primary N) is 1. The van der Waals surface area contributed by atoms with E-state index in [9.17, 15) is 4.79 Å². The van der Waals surface area contributed by atoms with Crippen LogP contribution in [0.1, 0.15) is 18.2 Å². The van der Waals surface area contributed by atoms with Gasteiger partial charge in [-0.05, 0) is 24.6 Å². The van der Waals surface area contributed by atoms with Gasteiger partial charge in [0.05, 0.1) is 18.8 Å². The summed E-state index contributed by atoms with van der Waals surface area (Å²) in [6, 6.07) is 7.41. The lowest BCUT2D eigenvalue weighted by atomic mass is 10.2. The number of aromatic nitrogens is 2. The van der Waals surface area contributed by atoms with E-state index in [0.717, 1.165) is 5.56 Å². The second-order valence-electron chi connectivity index (χ2n) is 4.50. The maximum Gasteiger partial charge on any atom is 0.290 e. The number of benzene rings is 1. The van der Waals surface area contributed by atoms with Crippen molar-refractivity contribution in [3.8, 4) is 0 Å². The number of hydrogen-bond acceptors (Lipinski definition) is 3. The first-order valence-electron chi connectivity index (χ1n) is 6.39. The highest BCUT2D eigenvalue weighted by atomic mass is 35.5. The van der Waals surface area contributed by atoms with Gasteiger partial charge in [0.2, 0.25) is 0 Å². The number of rotatable bonds is 5. The van der Waals surface area contributed by atoms with Crippen molar-refractivity contribution in [2.75, 3.05) is 12.8 Å². The van der Waals surface area contributed by atoms with Crippen LogP contribution in [-0.4, -0.2) is 16.5 Å². The fourth-order valence-electron chi connectivity index (χ4n) is 2.23. The lowest BCUT2D eigenvalue weighted by Crippen LogP contribution is -2.24. The first-order chi connectivity index (χ1) is 9.58. The number of methoxy groups -OCH3 is 1. The second-order valence-corrected chi connectivity index (χ2v) is 4.93. The summed E-state index contributed by atoms with van der Waals surface area (Å²) in [4.78, 5) is 12.3. The van der Waals surface area contributed by atoms with Crippen molar-refractivity contribution in [1.29, 1.82) is 0 Å². The number of anilines is 1. The summed E-state index contributed by atoms with van der Waals surface area (Å²) in [7, 11) is 1.58. The Balaban J connectivity index is 2.43. The summed E-state index contributed by atoms with van der Waals surface area (Å²) in [5, 5.41) is 0.673. The molecule has 2 rings (SSSR count). The summed E-state index contributed by atoms with van der Waals surface area (Å²) < 4.78 is 8.60. The highest BCUT2D eigenvalue weighted by molar-refractivity contribution is 6.30. The van der Waals surface area contributed by atoms with Crippen molar-refractivity contribution in [3.63, 3.8) is 0 Å². The largest absolute Gasteiger partial charge is 0.393 e. The van der Waals surface area contributed by atoms with E-state index in [1.54, 1.807) is 23.9 Å². The van der Waals surface area contributed by atoms with Crippen LogP contribution in [0.4, 0.5) is 5.69 Å². The molecule has 0 radical (unpaired) electrons. The van der Waals surface area contributed by atoms with Crippen LogP contribution in [0.5, 0.6) is 0 Å². The van der Waals surface area contributed by atoms with E-state index >= 15 is 0 Å². The molecule has 0 aliphatic rings. The van der Waals surface area contributed by atoms with Gasteiger partial charge in [-0.2, -0.15) is 0 Å². The van der Waals surface area contributed by atoms with Crippen LogP contribution in [0.2, 0.25) is 5.02 Å². The van der Waals surface area contributed by atoms with Gasteiger partial charge in [-0.1, -0.05) is 23.7 Å². The Morgan fingerprint density at radius 3 is 2.45 bits per heavy atom. The van der Waals surface area contributed by atoms with Crippen molar-refractivity contribution in [2.24, 2.45) is 0 Å². The zero-order valence-electron chi connectivity index (χ0n) is 11.6. The second kappa shape index (κ2) is 6.15. The molecule has 108 valence electrons. The lowest BCUT2D eigenvalue weighted by molar-refractivity contribution is 0.175. The third kappa shape index (κ3) is 2.73. The topological polar surface area (TPSA) is 62.2 Å². The molecule has 2 aromatic rings. The molecule has 0 spiro atoms. The summed E-state index contributed by atoms with van der Waals surface area (Å²) in [6.07, 6.45) is 0. The van der Waals surface area contributed by atoms with Crippen LogP contribution >= 0.6 is 11.6 Å². The molecule has 1 aromatic heterocycles.